The van der Waals surface area contributed by atoms with Crippen molar-refractivity contribution in [3.05, 3.63) is 49.1 Å². The Morgan fingerprint density at radius 3 is 2.93 bits per heavy atom. The van der Waals surface area contributed by atoms with Crippen LogP contribution in [0.15, 0.2) is 46.7 Å². The number of imidazole rings is 1. The van der Waals surface area contributed by atoms with Gasteiger partial charge in [0.2, 0.25) is 0 Å². The lowest BCUT2D eigenvalue weighted by Crippen LogP contribution is -2.20. The second-order valence-electron chi connectivity index (χ2n) is 5.53. The largest absolute Gasteiger partial charge is 0.506 e. The molecule has 0 saturated carbocycles. The quantitative estimate of drug-likeness (QED) is 0.191. The van der Waals surface area contributed by atoms with Crippen LogP contribution < -0.4 is 5.43 Å². The number of halogens is 2. The number of carbonyl (C=O) groups is 1. The molecule has 2 aromatic carbocycles. The zero-order chi connectivity index (χ0) is 19.4. The highest BCUT2D eigenvalue weighted by Crippen LogP contribution is 2.26. The minimum atomic E-state index is -0.231. The van der Waals surface area contributed by atoms with Crippen molar-refractivity contribution in [1.82, 2.24) is 15.0 Å². The fourth-order valence-corrected chi connectivity index (χ4v) is 5.25. The molecule has 2 N–H and O–H groups in total. The number of carbonyl (C=O) groups excluding carboxylic acids is 1. The molecule has 0 fully saturated rings. The van der Waals surface area contributed by atoms with E-state index in [1.807, 2.05) is 30.3 Å². The zero-order valence-electron chi connectivity index (χ0n) is 14.3. The molecule has 0 bridgehead atoms. The Hall–Kier alpha value is -1.34. The van der Waals surface area contributed by atoms with Crippen LogP contribution in [-0.2, 0) is 11.3 Å². The number of aromatic nitrogens is 2. The van der Waals surface area contributed by atoms with Gasteiger partial charge in [-0.05, 0) is 76.4 Å². The fourth-order valence-electron chi connectivity index (χ4n) is 2.49. The topological polar surface area (TPSA) is 79.5 Å². The number of aryl methyl sites for hydroxylation is 1. The molecule has 6 nitrogen and oxygen atoms in total. The third-order valence-corrected chi connectivity index (χ3v) is 6.14. The van der Waals surface area contributed by atoms with E-state index in [1.165, 1.54) is 18.0 Å². The highest BCUT2D eigenvalue weighted by molar-refractivity contribution is 14.1. The van der Waals surface area contributed by atoms with Crippen molar-refractivity contribution in [3.8, 4) is 5.75 Å². The SMILES string of the molecule is CCn1c(SCC(=O)NN=Cc2cc(I)cc(I)c2O)nc2ccccc21. The van der Waals surface area contributed by atoms with Crippen LogP contribution in [0.3, 0.4) is 0 Å². The first-order chi connectivity index (χ1) is 13.0. The Bertz CT molecular complexity index is 1020. The third kappa shape index (κ3) is 4.93. The lowest BCUT2D eigenvalue weighted by Gasteiger charge is -2.05. The molecular weight excluding hydrogens is 590 g/mol. The molecule has 3 aromatic rings. The lowest BCUT2D eigenvalue weighted by molar-refractivity contribution is -0.118. The first kappa shape index (κ1) is 20.4. The Labute approximate surface area is 188 Å². The smallest absolute Gasteiger partial charge is 0.250 e. The molecule has 0 aliphatic rings. The zero-order valence-corrected chi connectivity index (χ0v) is 19.4. The minimum absolute atomic E-state index is 0.153. The number of phenolic OH excluding ortho intramolecular Hbond substituents is 1. The normalized spacial score (nSPS) is 11.4. The summed E-state index contributed by atoms with van der Waals surface area (Å²) in [6.07, 6.45) is 1.45. The third-order valence-electron chi connectivity index (χ3n) is 3.72. The van der Waals surface area contributed by atoms with Crippen molar-refractivity contribution >= 4 is 80.1 Å². The molecule has 1 amide bonds. The molecule has 0 atom stereocenters. The van der Waals surface area contributed by atoms with Gasteiger partial charge in [-0.15, -0.1) is 0 Å². The first-order valence-electron chi connectivity index (χ1n) is 8.07. The van der Waals surface area contributed by atoms with Crippen molar-refractivity contribution in [1.29, 1.82) is 0 Å². The summed E-state index contributed by atoms with van der Waals surface area (Å²) >= 11 is 5.60. The Kier molecular flexibility index (Phi) is 6.98. The van der Waals surface area contributed by atoms with Gasteiger partial charge in [0.15, 0.2) is 5.16 Å². The number of benzene rings is 2. The van der Waals surface area contributed by atoms with E-state index in [2.05, 4.69) is 72.2 Å². The standard InChI is InChI=1S/C18H16I2N4O2S/c1-2-24-15-6-4-3-5-14(15)22-18(24)27-10-16(25)23-21-9-11-7-12(19)8-13(20)17(11)26/h3-9,26H,2,10H2,1H3,(H,23,25). The van der Waals surface area contributed by atoms with Gasteiger partial charge in [-0.1, -0.05) is 23.9 Å². The lowest BCUT2D eigenvalue weighted by atomic mass is 10.2. The number of phenols is 1. The van der Waals surface area contributed by atoms with Gasteiger partial charge < -0.3 is 9.67 Å². The monoisotopic (exact) mass is 606 g/mol. The average Bonchev–Trinajstić information content (AvgIpc) is 3.01. The van der Waals surface area contributed by atoms with E-state index in [9.17, 15) is 9.90 Å². The maximum Gasteiger partial charge on any atom is 0.250 e. The number of para-hydroxylation sites is 2. The van der Waals surface area contributed by atoms with Gasteiger partial charge in [-0.3, -0.25) is 4.79 Å². The number of amides is 1. The highest BCUT2D eigenvalue weighted by atomic mass is 127. The number of thioether (sulfide) groups is 1. The number of aromatic hydroxyl groups is 1. The average molecular weight is 606 g/mol. The molecule has 9 heteroatoms. The number of rotatable bonds is 6. The molecule has 0 radical (unpaired) electrons. The van der Waals surface area contributed by atoms with Crippen LogP contribution in [0.4, 0.5) is 0 Å². The summed E-state index contributed by atoms with van der Waals surface area (Å²) < 4.78 is 3.81. The van der Waals surface area contributed by atoms with Gasteiger partial charge in [0.1, 0.15) is 5.75 Å². The van der Waals surface area contributed by atoms with E-state index in [1.54, 1.807) is 6.07 Å². The molecule has 140 valence electrons. The molecular formula is C18H16I2N4O2S. The number of hydrogen-bond acceptors (Lipinski definition) is 5. The summed E-state index contributed by atoms with van der Waals surface area (Å²) in [7, 11) is 0. The summed E-state index contributed by atoms with van der Waals surface area (Å²) in [5.74, 6) is 0.127. The molecule has 1 heterocycles. The Morgan fingerprint density at radius 2 is 2.15 bits per heavy atom. The molecule has 0 spiro atoms. The predicted molar refractivity (Wildman–Crippen MR) is 125 cm³/mol. The van der Waals surface area contributed by atoms with E-state index in [4.69, 9.17) is 0 Å². The van der Waals surface area contributed by atoms with Crippen molar-refractivity contribution in [3.63, 3.8) is 0 Å². The van der Waals surface area contributed by atoms with E-state index in [-0.39, 0.29) is 17.4 Å². The second-order valence-corrected chi connectivity index (χ2v) is 8.88. The van der Waals surface area contributed by atoms with Crippen LogP contribution in [0.5, 0.6) is 5.75 Å². The maximum absolute atomic E-state index is 12.1. The van der Waals surface area contributed by atoms with E-state index >= 15 is 0 Å². The van der Waals surface area contributed by atoms with Gasteiger partial charge in [0, 0.05) is 15.7 Å². The number of fused-ring (bicyclic) bond motifs is 1. The maximum atomic E-state index is 12.1. The molecule has 3 rings (SSSR count). The van der Waals surface area contributed by atoms with Crippen molar-refractivity contribution < 1.29 is 9.90 Å². The number of nitrogens with zero attached hydrogens (tertiary/aromatic N) is 3. The Morgan fingerprint density at radius 1 is 1.37 bits per heavy atom. The first-order valence-corrected chi connectivity index (χ1v) is 11.2. The van der Waals surface area contributed by atoms with Crippen molar-refractivity contribution in [2.45, 2.75) is 18.6 Å². The van der Waals surface area contributed by atoms with Gasteiger partial charge in [0.05, 0.1) is 26.6 Å². The summed E-state index contributed by atoms with van der Waals surface area (Å²) in [6.45, 7) is 2.84. The molecule has 0 unspecified atom stereocenters. The highest BCUT2D eigenvalue weighted by Gasteiger charge is 2.11. The Balaban J connectivity index is 1.62. The molecule has 1 aromatic heterocycles. The second kappa shape index (κ2) is 9.24. The summed E-state index contributed by atoms with van der Waals surface area (Å²) in [5, 5.41) is 14.8. The van der Waals surface area contributed by atoms with Crippen LogP contribution in [0.1, 0.15) is 12.5 Å². The van der Waals surface area contributed by atoms with Crippen molar-refractivity contribution in [2.75, 3.05) is 5.75 Å². The summed E-state index contributed by atoms with van der Waals surface area (Å²) in [5.41, 5.74) is 5.04. The number of nitrogens with one attached hydrogen (secondary N) is 1. The van der Waals surface area contributed by atoms with Crippen LogP contribution in [0.2, 0.25) is 0 Å². The van der Waals surface area contributed by atoms with Gasteiger partial charge in [0.25, 0.3) is 5.91 Å². The van der Waals surface area contributed by atoms with E-state index in [0.717, 1.165) is 29.9 Å². The van der Waals surface area contributed by atoms with E-state index in [0.29, 0.717) is 5.56 Å². The van der Waals surface area contributed by atoms with E-state index < -0.39 is 0 Å². The van der Waals surface area contributed by atoms with Crippen molar-refractivity contribution in [2.24, 2.45) is 5.10 Å². The van der Waals surface area contributed by atoms with Gasteiger partial charge in [-0.25, -0.2) is 10.4 Å². The van der Waals surface area contributed by atoms with Crippen LogP contribution in [-0.4, -0.2) is 32.5 Å². The summed E-state index contributed by atoms with van der Waals surface area (Å²) in [4.78, 5) is 16.7. The van der Waals surface area contributed by atoms with Gasteiger partial charge in [-0.2, -0.15) is 5.10 Å². The fraction of sp³-hybridized carbons (Fsp3) is 0.167. The predicted octanol–water partition coefficient (Wildman–Crippen LogP) is 4.21. The van der Waals surface area contributed by atoms with Crippen LogP contribution in [0.25, 0.3) is 11.0 Å². The summed E-state index contributed by atoms with van der Waals surface area (Å²) in [6, 6.07) is 11.6. The molecule has 0 saturated heterocycles. The number of hydrogen-bond donors (Lipinski definition) is 2. The minimum Gasteiger partial charge on any atom is -0.506 e. The van der Waals surface area contributed by atoms with Crippen LogP contribution >= 0.6 is 56.9 Å². The van der Waals surface area contributed by atoms with Crippen LogP contribution in [0, 0.1) is 7.14 Å². The molecule has 27 heavy (non-hydrogen) atoms. The number of hydrazone groups is 1. The molecule has 0 aliphatic heterocycles. The molecule has 0 aliphatic carbocycles. The van der Waals surface area contributed by atoms with Gasteiger partial charge >= 0.3 is 0 Å².